The molecule has 0 atom stereocenters. The van der Waals surface area contributed by atoms with Crippen LogP contribution in [0.5, 0.6) is 5.75 Å². The van der Waals surface area contributed by atoms with Crippen molar-refractivity contribution >= 4 is 5.95 Å². The molecule has 1 aliphatic rings. The average molecular weight is 236 g/mol. The number of hydrogen-bond acceptors (Lipinski definition) is 5. The Morgan fingerprint density at radius 2 is 1.88 bits per heavy atom. The zero-order chi connectivity index (χ0) is 12.3. The molecule has 1 fully saturated rings. The van der Waals surface area contributed by atoms with E-state index < -0.39 is 0 Å². The lowest BCUT2D eigenvalue weighted by Gasteiger charge is -2.30. The van der Waals surface area contributed by atoms with Gasteiger partial charge < -0.3 is 15.4 Å². The Bertz CT molecular complexity index is 344. The van der Waals surface area contributed by atoms with E-state index in [2.05, 4.69) is 14.9 Å². The Morgan fingerprint density at radius 1 is 1.29 bits per heavy atom. The van der Waals surface area contributed by atoms with Crippen LogP contribution in [0, 0.1) is 0 Å². The van der Waals surface area contributed by atoms with E-state index in [1.54, 1.807) is 12.4 Å². The fraction of sp³-hybridized carbons (Fsp3) is 0.667. The largest absolute Gasteiger partial charge is 0.488 e. The quantitative estimate of drug-likeness (QED) is 0.854. The minimum atomic E-state index is 0.150. The molecule has 0 spiro atoms. The summed E-state index contributed by atoms with van der Waals surface area (Å²) in [6.07, 6.45) is 5.63. The van der Waals surface area contributed by atoms with Crippen LogP contribution in [0.1, 0.15) is 26.7 Å². The Balaban J connectivity index is 1.97. The third-order valence-electron chi connectivity index (χ3n) is 2.81. The Kier molecular flexibility index (Phi) is 3.78. The summed E-state index contributed by atoms with van der Waals surface area (Å²) in [4.78, 5) is 10.8. The number of hydrogen-bond donors (Lipinski definition) is 1. The van der Waals surface area contributed by atoms with Crippen LogP contribution in [0.3, 0.4) is 0 Å². The minimum Gasteiger partial charge on any atom is -0.488 e. The molecule has 2 N–H and O–H groups in total. The van der Waals surface area contributed by atoms with Gasteiger partial charge in [0, 0.05) is 19.1 Å². The summed E-state index contributed by atoms with van der Waals surface area (Å²) in [7, 11) is 0. The van der Waals surface area contributed by atoms with Crippen molar-refractivity contribution in [2.24, 2.45) is 5.73 Å². The summed E-state index contributed by atoms with van der Waals surface area (Å²) in [6, 6.07) is 0.329. The molecule has 17 heavy (non-hydrogen) atoms. The highest BCUT2D eigenvalue weighted by Gasteiger charge is 2.18. The number of piperidine rings is 1. The van der Waals surface area contributed by atoms with Crippen LogP contribution in [0.15, 0.2) is 12.4 Å². The molecule has 2 rings (SSSR count). The second kappa shape index (κ2) is 5.31. The molecule has 0 radical (unpaired) electrons. The van der Waals surface area contributed by atoms with Crippen molar-refractivity contribution in [1.29, 1.82) is 0 Å². The molecule has 5 heteroatoms. The maximum absolute atomic E-state index is 5.87. The van der Waals surface area contributed by atoms with Gasteiger partial charge in [-0.05, 0) is 26.7 Å². The van der Waals surface area contributed by atoms with Gasteiger partial charge in [0.25, 0.3) is 0 Å². The topological polar surface area (TPSA) is 64.3 Å². The lowest BCUT2D eigenvalue weighted by atomic mass is 10.1. The molecule has 1 aromatic heterocycles. The third-order valence-corrected chi connectivity index (χ3v) is 2.81. The van der Waals surface area contributed by atoms with E-state index in [1.807, 2.05) is 13.8 Å². The summed E-state index contributed by atoms with van der Waals surface area (Å²) in [6.45, 7) is 5.84. The van der Waals surface area contributed by atoms with Crippen molar-refractivity contribution in [3.05, 3.63) is 12.4 Å². The third kappa shape index (κ3) is 3.30. The molecule has 1 saturated heterocycles. The second-order valence-corrected chi connectivity index (χ2v) is 4.71. The number of rotatable bonds is 3. The van der Waals surface area contributed by atoms with Crippen LogP contribution in [-0.2, 0) is 0 Å². The molecule has 0 aromatic carbocycles. The van der Waals surface area contributed by atoms with Crippen molar-refractivity contribution in [3.8, 4) is 5.75 Å². The van der Waals surface area contributed by atoms with E-state index >= 15 is 0 Å². The molecule has 94 valence electrons. The van der Waals surface area contributed by atoms with Crippen molar-refractivity contribution in [1.82, 2.24) is 9.97 Å². The van der Waals surface area contributed by atoms with Gasteiger partial charge in [0.2, 0.25) is 5.95 Å². The van der Waals surface area contributed by atoms with Gasteiger partial charge in [-0.1, -0.05) is 0 Å². The maximum Gasteiger partial charge on any atom is 0.225 e. The summed E-state index contributed by atoms with van der Waals surface area (Å²) in [5.41, 5.74) is 5.87. The fourth-order valence-electron chi connectivity index (χ4n) is 1.91. The predicted octanol–water partition coefficient (Wildman–Crippen LogP) is 1.19. The van der Waals surface area contributed by atoms with Crippen molar-refractivity contribution in [3.63, 3.8) is 0 Å². The van der Waals surface area contributed by atoms with Gasteiger partial charge in [-0.3, -0.25) is 0 Å². The molecule has 0 saturated carbocycles. The number of nitrogens with two attached hydrogens (primary N) is 1. The van der Waals surface area contributed by atoms with Crippen molar-refractivity contribution in [2.45, 2.75) is 38.8 Å². The first-order chi connectivity index (χ1) is 8.15. The lowest BCUT2D eigenvalue weighted by molar-refractivity contribution is 0.240. The predicted molar refractivity (Wildman–Crippen MR) is 67.2 cm³/mol. The summed E-state index contributed by atoms with van der Waals surface area (Å²) in [5.74, 6) is 1.49. The summed E-state index contributed by atoms with van der Waals surface area (Å²) in [5, 5.41) is 0. The van der Waals surface area contributed by atoms with Crippen LogP contribution in [0.25, 0.3) is 0 Å². The lowest BCUT2D eigenvalue weighted by Crippen LogP contribution is -2.40. The maximum atomic E-state index is 5.87. The van der Waals surface area contributed by atoms with E-state index in [1.165, 1.54) is 0 Å². The number of anilines is 1. The first-order valence-electron chi connectivity index (χ1n) is 6.14. The Labute approximate surface area is 102 Å². The fourth-order valence-corrected chi connectivity index (χ4v) is 1.91. The second-order valence-electron chi connectivity index (χ2n) is 4.71. The smallest absolute Gasteiger partial charge is 0.225 e. The highest BCUT2D eigenvalue weighted by Crippen LogP contribution is 2.17. The first kappa shape index (κ1) is 12.1. The van der Waals surface area contributed by atoms with E-state index in [4.69, 9.17) is 10.5 Å². The average Bonchev–Trinajstić information content (AvgIpc) is 2.30. The molecule has 0 aliphatic carbocycles. The molecule has 1 aliphatic heterocycles. The van der Waals surface area contributed by atoms with Gasteiger partial charge >= 0.3 is 0 Å². The molecule has 0 amide bonds. The van der Waals surface area contributed by atoms with E-state index in [-0.39, 0.29) is 6.10 Å². The zero-order valence-electron chi connectivity index (χ0n) is 10.5. The molecule has 2 heterocycles. The van der Waals surface area contributed by atoms with Gasteiger partial charge in [-0.2, -0.15) is 0 Å². The molecular formula is C12H20N4O. The minimum absolute atomic E-state index is 0.150. The molecular weight excluding hydrogens is 216 g/mol. The Morgan fingerprint density at radius 3 is 2.41 bits per heavy atom. The zero-order valence-corrected chi connectivity index (χ0v) is 10.5. The van der Waals surface area contributed by atoms with Crippen LogP contribution in [-0.4, -0.2) is 35.2 Å². The van der Waals surface area contributed by atoms with E-state index in [0.717, 1.165) is 37.6 Å². The van der Waals surface area contributed by atoms with Crippen LogP contribution in [0.4, 0.5) is 5.95 Å². The standard InChI is InChI=1S/C12H20N4O/c1-9(2)17-11-7-14-12(15-8-11)16-5-3-10(13)4-6-16/h7-10H,3-6,13H2,1-2H3. The number of nitrogens with zero attached hydrogens (tertiary/aromatic N) is 3. The molecule has 0 unspecified atom stereocenters. The van der Waals surface area contributed by atoms with E-state index in [0.29, 0.717) is 6.04 Å². The SMILES string of the molecule is CC(C)Oc1cnc(N2CCC(N)CC2)nc1. The molecule has 1 aromatic rings. The molecule has 0 bridgehead atoms. The number of aromatic nitrogens is 2. The highest BCUT2D eigenvalue weighted by molar-refractivity contribution is 5.32. The summed E-state index contributed by atoms with van der Waals surface area (Å²) < 4.78 is 5.51. The number of ether oxygens (including phenoxy) is 1. The van der Waals surface area contributed by atoms with Crippen LogP contribution >= 0.6 is 0 Å². The van der Waals surface area contributed by atoms with Gasteiger partial charge in [0.05, 0.1) is 18.5 Å². The van der Waals surface area contributed by atoms with Gasteiger partial charge in [0.1, 0.15) is 0 Å². The summed E-state index contributed by atoms with van der Waals surface area (Å²) >= 11 is 0. The highest BCUT2D eigenvalue weighted by atomic mass is 16.5. The van der Waals surface area contributed by atoms with Crippen molar-refractivity contribution < 1.29 is 4.74 Å². The first-order valence-corrected chi connectivity index (χ1v) is 6.14. The van der Waals surface area contributed by atoms with Crippen LogP contribution < -0.4 is 15.4 Å². The van der Waals surface area contributed by atoms with Gasteiger partial charge in [-0.15, -0.1) is 0 Å². The Hall–Kier alpha value is -1.36. The van der Waals surface area contributed by atoms with Gasteiger partial charge in [-0.25, -0.2) is 9.97 Å². The van der Waals surface area contributed by atoms with E-state index in [9.17, 15) is 0 Å². The van der Waals surface area contributed by atoms with Crippen LogP contribution in [0.2, 0.25) is 0 Å². The van der Waals surface area contributed by atoms with Gasteiger partial charge in [0.15, 0.2) is 5.75 Å². The monoisotopic (exact) mass is 236 g/mol. The van der Waals surface area contributed by atoms with Crippen molar-refractivity contribution in [2.75, 3.05) is 18.0 Å². The normalized spacial score (nSPS) is 17.5. The molecule has 5 nitrogen and oxygen atoms in total.